The molecule has 0 saturated carbocycles. The van der Waals surface area contributed by atoms with Crippen molar-refractivity contribution in [3.05, 3.63) is 70.8 Å². The molecule has 2 rings (SSSR count). The molecule has 2 aromatic rings. The number of halogens is 3. The van der Waals surface area contributed by atoms with Gasteiger partial charge in [0.2, 0.25) is 0 Å². The summed E-state index contributed by atoms with van der Waals surface area (Å²) in [6, 6.07) is 11.1. The summed E-state index contributed by atoms with van der Waals surface area (Å²) in [5.74, 6) is -0.0447. The van der Waals surface area contributed by atoms with Crippen molar-refractivity contribution in [2.75, 3.05) is 5.88 Å². The van der Waals surface area contributed by atoms with Gasteiger partial charge in [-0.2, -0.15) is 0 Å². The number of hydrogen-bond acceptors (Lipinski definition) is 0. The second-order valence-corrected chi connectivity index (χ2v) is 4.53. The van der Waals surface area contributed by atoms with Crippen LogP contribution in [0.2, 0.25) is 0 Å². The van der Waals surface area contributed by atoms with Gasteiger partial charge in [0.05, 0.1) is 0 Å². The topological polar surface area (TPSA) is 0 Å². The van der Waals surface area contributed by atoms with E-state index in [0.29, 0.717) is 18.7 Å². The number of rotatable bonds is 4. The Balaban J connectivity index is 2.25. The first kappa shape index (κ1) is 13.0. The van der Waals surface area contributed by atoms with E-state index >= 15 is 0 Å². The zero-order valence-corrected chi connectivity index (χ0v) is 10.6. The van der Waals surface area contributed by atoms with Gasteiger partial charge in [-0.1, -0.05) is 18.2 Å². The maximum Gasteiger partial charge on any atom is 0.123 e. The predicted octanol–water partition coefficient (Wildman–Crippen LogP) is 4.34. The van der Waals surface area contributed by atoms with Crippen molar-refractivity contribution < 1.29 is 8.78 Å². The second-order valence-electron chi connectivity index (χ2n) is 4.16. The van der Waals surface area contributed by atoms with Crippen LogP contribution in [0.5, 0.6) is 0 Å². The molecule has 0 heterocycles. The lowest BCUT2D eigenvalue weighted by Crippen LogP contribution is -1.98. The molecule has 2 aromatic carbocycles. The Morgan fingerprint density at radius 3 is 2.17 bits per heavy atom. The Bertz CT molecular complexity index is 521. The van der Waals surface area contributed by atoms with E-state index in [1.54, 1.807) is 18.2 Å². The van der Waals surface area contributed by atoms with Crippen molar-refractivity contribution >= 4 is 11.6 Å². The summed E-state index contributed by atoms with van der Waals surface area (Å²) >= 11 is 5.71. The predicted molar refractivity (Wildman–Crippen MR) is 70.0 cm³/mol. The van der Waals surface area contributed by atoms with Crippen molar-refractivity contribution in [3.63, 3.8) is 0 Å². The van der Waals surface area contributed by atoms with E-state index in [9.17, 15) is 8.78 Å². The normalized spacial score (nSPS) is 10.6. The van der Waals surface area contributed by atoms with E-state index in [1.807, 2.05) is 0 Å². The van der Waals surface area contributed by atoms with Crippen LogP contribution in [0.15, 0.2) is 42.5 Å². The monoisotopic (exact) mass is 266 g/mol. The maximum absolute atomic E-state index is 13.2. The highest BCUT2D eigenvalue weighted by molar-refractivity contribution is 6.18. The van der Waals surface area contributed by atoms with Crippen molar-refractivity contribution in [1.29, 1.82) is 0 Å². The molecule has 0 aliphatic rings. The largest absolute Gasteiger partial charge is 0.207 e. The summed E-state index contributed by atoms with van der Waals surface area (Å²) < 4.78 is 26.0. The van der Waals surface area contributed by atoms with E-state index in [4.69, 9.17) is 11.6 Å². The standard InChI is InChI=1S/C15H13ClF2/c16-8-7-13-10-15(18)6-3-12(13)9-11-1-4-14(17)5-2-11/h1-6,10H,7-9H2. The van der Waals surface area contributed by atoms with E-state index in [-0.39, 0.29) is 11.6 Å². The SMILES string of the molecule is Fc1ccc(Cc2ccc(F)cc2CCCl)cc1. The third kappa shape index (κ3) is 3.30. The first-order valence-electron chi connectivity index (χ1n) is 5.77. The van der Waals surface area contributed by atoms with Crippen molar-refractivity contribution in [2.24, 2.45) is 0 Å². The number of alkyl halides is 1. The summed E-state index contributed by atoms with van der Waals surface area (Å²) in [5, 5.41) is 0. The Kier molecular flexibility index (Phi) is 4.32. The Labute approximate surface area is 110 Å². The van der Waals surface area contributed by atoms with Gasteiger partial charge >= 0.3 is 0 Å². The minimum absolute atomic E-state index is 0.251. The molecule has 0 aliphatic carbocycles. The molecule has 0 bridgehead atoms. The summed E-state index contributed by atoms with van der Waals surface area (Å²) in [5.41, 5.74) is 2.94. The summed E-state index contributed by atoms with van der Waals surface area (Å²) in [4.78, 5) is 0. The van der Waals surface area contributed by atoms with Crippen LogP contribution in [-0.4, -0.2) is 5.88 Å². The molecule has 0 aromatic heterocycles. The van der Waals surface area contributed by atoms with Crippen LogP contribution in [0.1, 0.15) is 16.7 Å². The van der Waals surface area contributed by atoms with Gasteiger partial charge in [-0.15, -0.1) is 11.6 Å². The molecular weight excluding hydrogens is 254 g/mol. The molecule has 0 spiro atoms. The van der Waals surface area contributed by atoms with E-state index in [1.165, 1.54) is 24.3 Å². The molecular formula is C15H13ClF2. The van der Waals surface area contributed by atoms with Crippen LogP contribution in [-0.2, 0) is 12.8 Å². The van der Waals surface area contributed by atoms with Crippen LogP contribution >= 0.6 is 11.6 Å². The zero-order chi connectivity index (χ0) is 13.0. The highest BCUT2D eigenvalue weighted by atomic mass is 35.5. The minimum atomic E-state index is -0.252. The molecule has 94 valence electrons. The molecule has 0 aliphatic heterocycles. The fourth-order valence-corrected chi connectivity index (χ4v) is 2.13. The van der Waals surface area contributed by atoms with Crippen molar-refractivity contribution in [2.45, 2.75) is 12.8 Å². The van der Waals surface area contributed by atoms with Gasteiger partial charge in [-0.3, -0.25) is 0 Å². The fourth-order valence-electron chi connectivity index (χ4n) is 1.92. The molecule has 18 heavy (non-hydrogen) atoms. The average molecular weight is 267 g/mol. The molecule has 0 amide bonds. The number of benzene rings is 2. The Hall–Kier alpha value is -1.41. The smallest absolute Gasteiger partial charge is 0.123 e. The molecule has 0 N–H and O–H groups in total. The Morgan fingerprint density at radius 1 is 0.833 bits per heavy atom. The van der Waals surface area contributed by atoms with Crippen molar-refractivity contribution in [1.82, 2.24) is 0 Å². The van der Waals surface area contributed by atoms with E-state index < -0.39 is 0 Å². The zero-order valence-electron chi connectivity index (χ0n) is 9.80. The van der Waals surface area contributed by atoms with E-state index in [0.717, 1.165) is 16.7 Å². The molecule has 3 heteroatoms. The summed E-state index contributed by atoms with van der Waals surface area (Å²) in [6.45, 7) is 0. The van der Waals surface area contributed by atoms with Gasteiger partial charge in [0, 0.05) is 5.88 Å². The van der Waals surface area contributed by atoms with Crippen LogP contribution in [0.4, 0.5) is 8.78 Å². The van der Waals surface area contributed by atoms with Gasteiger partial charge in [-0.05, 0) is 53.8 Å². The number of aryl methyl sites for hydroxylation is 1. The molecule has 0 radical (unpaired) electrons. The van der Waals surface area contributed by atoms with Gasteiger partial charge in [-0.25, -0.2) is 8.78 Å². The molecule has 0 nitrogen and oxygen atoms in total. The first-order chi connectivity index (χ1) is 8.69. The van der Waals surface area contributed by atoms with Gasteiger partial charge < -0.3 is 0 Å². The highest BCUT2D eigenvalue weighted by Gasteiger charge is 2.05. The molecule has 0 atom stereocenters. The van der Waals surface area contributed by atoms with Crippen LogP contribution in [0.25, 0.3) is 0 Å². The van der Waals surface area contributed by atoms with Crippen LogP contribution < -0.4 is 0 Å². The lowest BCUT2D eigenvalue weighted by molar-refractivity contribution is 0.624. The minimum Gasteiger partial charge on any atom is -0.207 e. The third-order valence-electron chi connectivity index (χ3n) is 2.84. The molecule has 0 saturated heterocycles. The number of hydrogen-bond donors (Lipinski definition) is 0. The van der Waals surface area contributed by atoms with Gasteiger partial charge in [0.25, 0.3) is 0 Å². The van der Waals surface area contributed by atoms with Crippen LogP contribution in [0, 0.1) is 11.6 Å². The lowest BCUT2D eigenvalue weighted by atomic mass is 9.98. The van der Waals surface area contributed by atoms with E-state index in [2.05, 4.69) is 0 Å². The van der Waals surface area contributed by atoms with Gasteiger partial charge in [0.15, 0.2) is 0 Å². The lowest BCUT2D eigenvalue weighted by Gasteiger charge is -2.09. The van der Waals surface area contributed by atoms with Crippen molar-refractivity contribution in [3.8, 4) is 0 Å². The van der Waals surface area contributed by atoms with Gasteiger partial charge in [0.1, 0.15) is 11.6 Å². The average Bonchev–Trinajstić information content (AvgIpc) is 2.36. The highest BCUT2D eigenvalue weighted by Crippen LogP contribution is 2.17. The van der Waals surface area contributed by atoms with Crippen LogP contribution in [0.3, 0.4) is 0 Å². The molecule has 0 unspecified atom stereocenters. The molecule has 0 fully saturated rings. The summed E-state index contributed by atoms with van der Waals surface area (Å²) in [7, 11) is 0. The summed E-state index contributed by atoms with van der Waals surface area (Å²) in [6.07, 6.45) is 1.29. The second kappa shape index (κ2) is 5.96. The Morgan fingerprint density at radius 2 is 1.50 bits per heavy atom. The fraction of sp³-hybridized carbons (Fsp3) is 0.200. The first-order valence-corrected chi connectivity index (χ1v) is 6.30. The maximum atomic E-state index is 13.2. The third-order valence-corrected chi connectivity index (χ3v) is 3.03. The quantitative estimate of drug-likeness (QED) is 0.723.